The van der Waals surface area contributed by atoms with E-state index in [1.165, 1.54) is 24.6 Å². The van der Waals surface area contributed by atoms with E-state index in [4.69, 9.17) is 5.73 Å². The summed E-state index contributed by atoms with van der Waals surface area (Å²) in [6.45, 7) is 12.4. The highest BCUT2D eigenvalue weighted by atomic mass is 32.2. The summed E-state index contributed by atoms with van der Waals surface area (Å²) >= 11 is 1.41. The maximum Gasteiger partial charge on any atom is 0.319 e. The summed E-state index contributed by atoms with van der Waals surface area (Å²) in [5, 5.41) is 11.0. The molecule has 0 bridgehead atoms. The maximum absolute atomic E-state index is 12.9. The number of carbonyl (C=O) groups is 3. The molecule has 4 amide bonds. The van der Waals surface area contributed by atoms with Crippen molar-refractivity contribution < 1.29 is 14.4 Å². The number of nitrogens with two attached hydrogens (primary N) is 1. The van der Waals surface area contributed by atoms with Gasteiger partial charge in [0.25, 0.3) is 0 Å². The SMILES string of the molecule is C=C(C)CNC(=O)[C@@H](N)C1S[C@H](CNc2ccc(NC(=O)NCCN3CCCC3)cc2)C(=O)N1CC. The second-order valence-corrected chi connectivity index (χ2v) is 10.6. The molecule has 1 unspecified atom stereocenters. The molecule has 10 nitrogen and oxygen atoms in total. The molecule has 1 aromatic carbocycles. The zero-order valence-electron chi connectivity index (χ0n) is 21.2. The van der Waals surface area contributed by atoms with Gasteiger partial charge in [-0.25, -0.2) is 4.79 Å². The Morgan fingerprint density at radius 2 is 1.83 bits per heavy atom. The van der Waals surface area contributed by atoms with Crippen molar-refractivity contribution in [2.24, 2.45) is 5.73 Å². The van der Waals surface area contributed by atoms with Crippen molar-refractivity contribution >= 4 is 41.0 Å². The third-order valence-electron chi connectivity index (χ3n) is 6.23. The summed E-state index contributed by atoms with van der Waals surface area (Å²) in [5.41, 5.74) is 8.56. The molecular weight excluding hydrogens is 478 g/mol. The topological polar surface area (TPSA) is 132 Å². The normalized spacial score (nSPS) is 20.8. The Hall–Kier alpha value is -2.76. The van der Waals surface area contributed by atoms with E-state index < -0.39 is 11.4 Å². The van der Waals surface area contributed by atoms with Crippen LogP contribution in [0.1, 0.15) is 26.7 Å². The largest absolute Gasteiger partial charge is 0.383 e. The highest BCUT2D eigenvalue weighted by molar-refractivity contribution is 8.01. The monoisotopic (exact) mass is 517 g/mol. The zero-order valence-corrected chi connectivity index (χ0v) is 22.0. The number of hydrogen-bond donors (Lipinski definition) is 5. The molecule has 2 saturated heterocycles. The molecular formula is C25H39N7O3S. The summed E-state index contributed by atoms with van der Waals surface area (Å²) in [6, 6.07) is 6.29. The number of hydrogen-bond acceptors (Lipinski definition) is 7. The summed E-state index contributed by atoms with van der Waals surface area (Å²) in [5.74, 6) is -0.328. The number of nitrogens with zero attached hydrogens (tertiary/aromatic N) is 2. The van der Waals surface area contributed by atoms with E-state index in [1.54, 1.807) is 4.90 Å². The number of rotatable bonds is 12. The van der Waals surface area contributed by atoms with Crippen molar-refractivity contribution in [1.29, 1.82) is 0 Å². The number of likely N-dealkylation sites (N-methyl/N-ethyl adjacent to an activating group) is 1. The van der Waals surface area contributed by atoms with Crippen molar-refractivity contribution in [1.82, 2.24) is 20.4 Å². The van der Waals surface area contributed by atoms with Crippen molar-refractivity contribution in [2.45, 2.75) is 43.4 Å². The molecule has 0 radical (unpaired) electrons. The Morgan fingerprint density at radius 1 is 1.17 bits per heavy atom. The van der Waals surface area contributed by atoms with Gasteiger partial charge in [-0.2, -0.15) is 0 Å². The number of carbonyl (C=O) groups excluding carboxylic acids is 3. The highest BCUT2D eigenvalue weighted by Crippen LogP contribution is 2.33. The van der Waals surface area contributed by atoms with Gasteiger partial charge in [-0.05, 0) is 64.0 Å². The first-order valence-electron chi connectivity index (χ1n) is 12.5. The fraction of sp³-hybridized carbons (Fsp3) is 0.560. The summed E-state index contributed by atoms with van der Waals surface area (Å²) in [7, 11) is 0. The summed E-state index contributed by atoms with van der Waals surface area (Å²) in [4.78, 5) is 41.5. The molecule has 0 saturated carbocycles. The first kappa shape index (κ1) is 27.8. The van der Waals surface area contributed by atoms with Gasteiger partial charge < -0.3 is 36.8 Å². The Balaban J connectivity index is 1.44. The van der Waals surface area contributed by atoms with E-state index in [-0.39, 0.29) is 23.1 Å². The minimum Gasteiger partial charge on any atom is -0.383 e. The van der Waals surface area contributed by atoms with Crippen molar-refractivity contribution in [3.63, 3.8) is 0 Å². The van der Waals surface area contributed by atoms with Crippen LogP contribution in [-0.2, 0) is 9.59 Å². The van der Waals surface area contributed by atoms with Crippen LogP contribution in [0.25, 0.3) is 0 Å². The van der Waals surface area contributed by atoms with Crippen molar-refractivity contribution in [3.8, 4) is 0 Å². The van der Waals surface area contributed by atoms with Crippen LogP contribution in [0.5, 0.6) is 0 Å². The van der Waals surface area contributed by atoms with Gasteiger partial charge in [0.05, 0.1) is 0 Å². The molecule has 2 aliphatic heterocycles. The van der Waals surface area contributed by atoms with Gasteiger partial charge in [-0.3, -0.25) is 9.59 Å². The second kappa shape index (κ2) is 13.5. The lowest BCUT2D eigenvalue weighted by atomic mass is 10.2. The van der Waals surface area contributed by atoms with Crippen LogP contribution in [0, 0.1) is 0 Å². The third-order valence-corrected chi connectivity index (χ3v) is 7.75. The Morgan fingerprint density at radius 3 is 2.47 bits per heavy atom. The predicted octanol–water partition coefficient (Wildman–Crippen LogP) is 1.63. The van der Waals surface area contributed by atoms with E-state index in [0.717, 1.165) is 30.9 Å². The van der Waals surface area contributed by atoms with Crippen LogP contribution in [-0.4, -0.2) is 90.1 Å². The molecule has 6 N–H and O–H groups in total. The lowest BCUT2D eigenvalue weighted by Gasteiger charge is -2.26. The molecule has 1 aromatic rings. The van der Waals surface area contributed by atoms with Crippen molar-refractivity contribution in [3.05, 3.63) is 36.4 Å². The molecule has 11 heteroatoms. The predicted molar refractivity (Wildman–Crippen MR) is 146 cm³/mol. The molecule has 0 aromatic heterocycles. The maximum atomic E-state index is 12.9. The van der Waals surface area contributed by atoms with E-state index in [1.807, 2.05) is 38.1 Å². The number of amides is 4. The number of anilines is 2. The first-order valence-corrected chi connectivity index (χ1v) is 13.5. The third kappa shape index (κ3) is 7.87. The average Bonchev–Trinajstić information content (AvgIpc) is 3.49. The van der Waals surface area contributed by atoms with Gasteiger partial charge in [0.1, 0.15) is 16.7 Å². The smallest absolute Gasteiger partial charge is 0.319 e. The lowest BCUT2D eigenvalue weighted by molar-refractivity contribution is -0.130. The fourth-order valence-electron chi connectivity index (χ4n) is 4.24. The van der Waals surface area contributed by atoms with E-state index in [9.17, 15) is 14.4 Å². The van der Waals surface area contributed by atoms with Crippen LogP contribution in [0.3, 0.4) is 0 Å². The molecule has 2 heterocycles. The standard InChI is InChI=1S/C25H39N7O3S/c1-4-32-23(34)20(36-24(32)21(26)22(33)29-15-17(2)3)16-28-18-7-9-19(10-8-18)30-25(35)27-11-14-31-12-5-6-13-31/h7-10,20-21,24,28H,2,4-6,11-16,26H2,1,3H3,(H,29,33)(H2,27,30,35)/t20-,21-,24?/m1/s1. The van der Waals surface area contributed by atoms with E-state index in [2.05, 4.69) is 32.7 Å². The molecule has 0 spiro atoms. The first-order chi connectivity index (χ1) is 17.3. The number of urea groups is 1. The van der Waals surface area contributed by atoms with Gasteiger partial charge in [0.2, 0.25) is 11.8 Å². The minimum atomic E-state index is -0.824. The van der Waals surface area contributed by atoms with E-state index in [0.29, 0.717) is 31.9 Å². The van der Waals surface area contributed by atoms with Gasteiger partial charge in [-0.1, -0.05) is 12.2 Å². The molecule has 36 heavy (non-hydrogen) atoms. The quantitative estimate of drug-likeness (QED) is 0.266. The summed E-state index contributed by atoms with van der Waals surface area (Å²) < 4.78 is 0. The van der Waals surface area contributed by atoms with E-state index >= 15 is 0 Å². The van der Waals surface area contributed by atoms with Gasteiger partial charge >= 0.3 is 6.03 Å². The zero-order chi connectivity index (χ0) is 26.1. The average molecular weight is 518 g/mol. The molecule has 3 atom stereocenters. The van der Waals surface area contributed by atoms with Crippen LogP contribution in [0.4, 0.5) is 16.2 Å². The van der Waals surface area contributed by atoms with Crippen LogP contribution in [0.2, 0.25) is 0 Å². The fourth-order valence-corrected chi connectivity index (χ4v) is 5.70. The van der Waals surface area contributed by atoms with Gasteiger partial charge in [-0.15, -0.1) is 11.8 Å². The molecule has 3 rings (SSSR count). The summed E-state index contributed by atoms with van der Waals surface area (Å²) in [6.07, 6.45) is 2.47. The number of benzene rings is 1. The molecule has 2 fully saturated rings. The number of nitrogens with one attached hydrogen (secondary N) is 4. The second-order valence-electron chi connectivity index (χ2n) is 9.23. The Bertz CT molecular complexity index is 921. The van der Waals surface area contributed by atoms with Gasteiger partial charge in [0.15, 0.2) is 0 Å². The minimum absolute atomic E-state index is 0.0351. The molecule has 2 aliphatic rings. The lowest BCUT2D eigenvalue weighted by Crippen LogP contribution is -2.52. The molecule has 0 aliphatic carbocycles. The van der Waals surface area contributed by atoms with Crippen LogP contribution >= 0.6 is 11.8 Å². The van der Waals surface area contributed by atoms with Crippen molar-refractivity contribution in [2.75, 3.05) is 56.4 Å². The Kier molecular flexibility index (Phi) is 10.4. The Labute approximate surface area is 217 Å². The van der Waals surface area contributed by atoms with Crippen LogP contribution in [0.15, 0.2) is 36.4 Å². The van der Waals surface area contributed by atoms with Crippen LogP contribution < -0.4 is 27.0 Å². The number of thioether (sulfide) groups is 1. The number of likely N-dealkylation sites (tertiary alicyclic amines) is 1. The van der Waals surface area contributed by atoms with Gasteiger partial charge in [0, 0.05) is 44.1 Å². The highest BCUT2D eigenvalue weighted by Gasteiger charge is 2.44. The molecule has 198 valence electrons.